The van der Waals surface area contributed by atoms with Gasteiger partial charge in [-0.15, -0.1) is 0 Å². The van der Waals surface area contributed by atoms with Gasteiger partial charge < -0.3 is 19.6 Å². The highest BCUT2D eigenvalue weighted by Gasteiger charge is 2.10. The summed E-state index contributed by atoms with van der Waals surface area (Å²) >= 11 is 0. The Hall–Kier alpha value is -2.63. The molecule has 2 N–H and O–H groups in total. The van der Waals surface area contributed by atoms with Crippen LogP contribution in [0.4, 0.5) is 0 Å². The maximum Gasteiger partial charge on any atom is 0.336 e. The lowest BCUT2D eigenvalue weighted by Crippen LogP contribution is -2.31. The van der Waals surface area contributed by atoms with E-state index >= 15 is 0 Å². The van der Waals surface area contributed by atoms with Gasteiger partial charge in [-0.25, -0.2) is 4.79 Å². The molecule has 0 fully saturated rings. The van der Waals surface area contributed by atoms with Crippen molar-refractivity contribution >= 4 is 11.0 Å². The van der Waals surface area contributed by atoms with Gasteiger partial charge in [-0.3, -0.25) is 0 Å². The van der Waals surface area contributed by atoms with E-state index in [0.717, 1.165) is 29.5 Å². The van der Waals surface area contributed by atoms with E-state index in [1.165, 1.54) is 6.07 Å². The van der Waals surface area contributed by atoms with Crippen molar-refractivity contribution in [1.82, 2.24) is 5.32 Å². The average molecular weight is 353 g/mol. The van der Waals surface area contributed by atoms with Crippen molar-refractivity contribution in [3.05, 3.63) is 65.0 Å². The third kappa shape index (κ3) is 4.50. The zero-order chi connectivity index (χ0) is 18.4. The Balaban J connectivity index is 1.80. The molecule has 5 nitrogen and oxygen atoms in total. The van der Waals surface area contributed by atoms with E-state index in [-0.39, 0.29) is 6.61 Å². The summed E-state index contributed by atoms with van der Waals surface area (Å²) in [7, 11) is 0. The van der Waals surface area contributed by atoms with E-state index in [4.69, 9.17) is 9.15 Å². The minimum absolute atomic E-state index is 0.171. The van der Waals surface area contributed by atoms with E-state index in [9.17, 15) is 9.90 Å². The Kier molecular flexibility index (Phi) is 6.04. The van der Waals surface area contributed by atoms with Crippen LogP contribution in [0, 0.1) is 0 Å². The van der Waals surface area contributed by atoms with E-state index < -0.39 is 11.7 Å². The topological polar surface area (TPSA) is 71.7 Å². The first kappa shape index (κ1) is 18.2. The summed E-state index contributed by atoms with van der Waals surface area (Å²) in [6, 6.07) is 16.6. The molecule has 0 aliphatic carbocycles. The van der Waals surface area contributed by atoms with Gasteiger partial charge in [0.15, 0.2) is 0 Å². The molecule has 136 valence electrons. The smallest absolute Gasteiger partial charge is 0.336 e. The van der Waals surface area contributed by atoms with E-state index in [0.29, 0.717) is 17.9 Å². The highest BCUT2D eigenvalue weighted by molar-refractivity contribution is 5.93. The molecule has 0 amide bonds. The Labute approximate surface area is 152 Å². The predicted molar refractivity (Wildman–Crippen MR) is 103 cm³/mol. The fourth-order valence-electron chi connectivity index (χ4n) is 2.79. The molecule has 0 radical (unpaired) electrons. The molecule has 1 heterocycles. The third-order valence-corrected chi connectivity index (χ3v) is 4.05. The number of hydrogen-bond donors (Lipinski definition) is 2. The van der Waals surface area contributed by atoms with Crippen LogP contribution in [0.2, 0.25) is 0 Å². The number of ether oxygens (including phenoxy) is 1. The zero-order valence-electron chi connectivity index (χ0n) is 14.8. The van der Waals surface area contributed by atoms with Crippen LogP contribution in [0.25, 0.3) is 22.1 Å². The Morgan fingerprint density at radius 3 is 2.73 bits per heavy atom. The second-order valence-corrected chi connectivity index (χ2v) is 6.17. The fourth-order valence-corrected chi connectivity index (χ4v) is 2.79. The van der Waals surface area contributed by atoms with Gasteiger partial charge in [-0.1, -0.05) is 37.3 Å². The molecule has 0 bridgehead atoms. The summed E-state index contributed by atoms with van der Waals surface area (Å²) in [4.78, 5) is 11.9. The van der Waals surface area contributed by atoms with Gasteiger partial charge in [0.1, 0.15) is 24.0 Å². The zero-order valence-corrected chi connectivity index (χ0v) is 14.8. The average Bonchev–Trinajstić information content (AvgIpc) is 2.66. The molecule has 0 aliphatic heterocycles. The van der Waals surface area contributed by atoms with E-state index in [1.54, 1.807) is 6.07 Å². The molecular formula is C21H23NO4. The van der Waals surface area contributed by atoms with E-state index in [2.05, 4.69) is 12.2 Å². The number of aliphatic hydroxyl groups excluding tert-OH is 1. The number of fused-ring (bicyclic) bond motifs is 1. The van der Waals surface area contributed by atoms with E-state index in [1.807, 2.05) is 42.5 Å². The first-order valence-corrected chi connectivity index (χ1v) is 8.82. The number of hydrogen-bond acceptors (Lipinski definition) is 5. The Morgan fingerprint density at radius 2 is 1.96 bits per heavy atom. The molecule has 1 atom stereocenters. The second kappa shape index (κ2) is 8.65. The van der Waals surface area contributed by atoms with Crippen molar-refractivity contribution in [2.45, 2.75) is 19.4 Å². The molecule has 5 heteroatoms. The molecule has 0 aliphatic rings. The first-order valence-electron chi connectivity index (χ1n) is 8.82. The summed E-state index contributed by atoms with van der Waals surface area (Å²) in [5.41, 5.74) is 1.84. The SMILES string of the molecule is CCCNCC(O)COc1ccc2c(-c3ccccc3)cc(=O)oc2c1. The minimum Gasteiger partial charge on any atom is -0.491 e. The minimum atomic E-state index is -0.597. The molecule has 1 unspecified atom stereocenters. The summed E-state index contributed by atoms with van der Waals surface area (Å²) in [5.74, 6) is 0.556. The number of nitrogens with one attached hydrogen (secondary N) is 1. The monoisotopic (exact) mass is 353 g/mol. The van der Waals surface area contributed by atoms with Crippen LogP contribution in [-0.2, 0) is 0 Å². The lowest BCUT2D eigenvalue weighted by Gasteiger charge is -2.13. The molecular weight excluding hydrogens is 330 g/mol. The summed E-state index contributed by atoms with van der Waals surface area (Å²) in [6.45, 7) is 3.59. The van der Waals surface area contributed by atoms with Crippen molar-refractivity contribution in [2.75, 3.05) is 19.7 Å². The lowest BCUT2D eigenvalue weighted by molar-refractivity contribution is 0.106. The molecule has 26 heavy (non-hydrogen) atoms. The van der Waals surface area contributed by atoms with Gasteiger partial charge in [0, 0.05) is 24.1 Å². The predicted octanol–water partition coefficient (Wildman–Crippen LogP) is 3.20. The highest BCUT2D eigenvalue weighted by Crippen LogP contribution is 2.29. The van der Waals surface area contributed by atoms with Crippen LogP contribution in [-0.4, -0.2) is 30.9 Å². The Bertz CT molecular complexity index is 905. The van der Waals surface area contributed by atoms with Crippen LogP contribution < -0.4 is 15.7 Å². The Morgan fingerprint density at radius 1 is 1.15 bits per heavy atom. The molecule has 3 aromatic rings. The third-order valence-electron chi connectivity index (χ3n) is 4.05. The van der Waals surface area contributed by atoms with Crippen LogP contribution >= 0.6 is 0 Å². The van der Waals surface area contributed by atoms with Crippen molar-refractivity contribution in [2.24, 2.45) is 0 Å². The molecule has 0 saturated heterocycles. The number of rotatable bonds is 8. The first-order chi connectivity index (χ1) is 12.7. The second-order valence-electron chi connectivity index (χ2n) is 6.17. The van der Waals surface area contributed by atoms with Crippen LogP contribution in [0.3, 0.4) is 0 Å². The van der Waals surface area contributed by atoms with Crippen molar-refractivity contribution in [1.29, 1.82) is 0 Å². The number of aliphatic hydroxyl groups is 1. The quantitative estimate of drug-likeness (QED) is 0.481. The van der Waals surface area contributed by atoms with Gasteiger partial charge >= 0.3 is 5.63 Å². The maximum atomic E-state index is 11.9. The van der Waals surface area contributed by atoms with Gasteiger partial charge in [-0.05, 0) is 36.2 Å². The summed E-state index contributed by atoms with van der Waals surface area (Å²) < 4.78 is 11.0. The highest BCUT2D eigenvalue weighted by atomic mass is 16.5. The van der Waals surface area contributed by atoms with Crippen LogP contribution in [0.15, 0.2) is 63.8 Å². The molecule has 0 saturated carbocycles. The van der Waals surface area contributed by atoms with Gasteiger partial charge in [0.2, 0.25) is 0 Å². The molecule has 3 rings (SSSR count). The van der Waals surface area contributed by atoms with Gasteiger partial charge in [-0.2, -0.15) is 0 Å². The maximum absolute atomic E-state index is 11.9. The molecule has 0 spiro atoms. The largest absolute Gasteiger partial charge is 0.491 e. The van der Waals surface area contributed by atoms with Gasteiger partial charge in [0.05, 0.1) is 0 Å². The van der Waals surface area contributed by atoms with Crippen LogP contribution in [0.5, 0.6) is 5.75 Å². The van der Waals surface area contributed by atoms with Crippen molar-refractivity contribution < 1.29 is 14.3 Å². The normalized spacial score (nSPS) is 12.2. The standard InChI is InChI=1S/C21H23NO4/c1-2-10-22-13-16(23)14-25-17-8-9-18-19(15-6-4-3-5-7-15)12-21(24)26-20(18)11-17/h3-9,11-12,16,22-23H,2,10,13-14H2,1H3. The number of benzene rings is 2. The van der Waals surface area contributed by atoms with Crippen molar-refractivity contribution in [3.8, 4) is 16.9 Å². The molecule has 2 aromatic carbocycles. The fraction of sp³-hybridized carbons (Fsp3) is 0.286. The summed E-state index contributed by atoms with van der Waals surface area (Å²) in [5, 5.41) is 13.9. The molecule has 1 aromatic heterocycles. The lowest BCUT2D eigenvalue weighted by atomic mass is 10.0. The van der Waals surface area contributed by atoms with Crippen LogP contribution in [0.1, 0.15) is 13.3 Å². The summed E-state index contributed by atoms with van der Waals surface area (Å²) in [6.07, 6.45) is 0.418. The van der Waals surface area contributed by atoms with Gasteiger partial charge in [0.25, 0.3) is 0 Å². The van der Waals surface area contributed by atoms with Crippen molar-refractivity contribution in [3.63, 3.8) is 0 Å².